The van der Waals surface area contributed by atoms with Crippen LogP contribution in [0.1, 0.15) is 47.7 Å². The Morgan fingerprint density at radius 3 is 3.04 bits per heavy atom. The molecule has 1 fully saturated rings. The Morgan fingerprint density at radius 2 is 2.24 bits per heavy atom. The zero-order chi connectivity index (χ0) is 17.2. The molecular weight excluding hydrogens is 316 g/mol. The molecule has 2 heterocycles. The predicted molar refractivity (Wildman–Crippen MR) is 96.0 cm³/mol. The summed E-state index contributed by atoms with van der Waals surface area (Å²) in [5.74, 6) is 1.54. The molecular formula is C20H22N2O3. The van der Waals surface area contributed by atoms with Gasteiger partial charge in [0.15, 0.2) is 5.76 Å². The number of hydrogen-bond acceptors (Lipinski definition) is 3. The minimum Gasteiger partial charge on any atom is -0.497 e. The molecule has 2 aromatic heterocycles. The fraction of sp³-hybridized carbons (Fsp3) is 0.350. The van der Waals surface area contributed by atoms with E-state index in [-0.39, 0.29) is 11.9 Å². The van der Waals surface area contributed by atoms with Crippen LogP contribution in [-0.2, 0) is 0 Å². The van der Waals surface area contributed by atoms with Crippen LogP contribution < -0.4 is 10.1 Å². The molecule has 1 aliphatic rings. The number of methoxy groups -OCH3 is 1. The standard InChI is InChI=1S/C20H22N2O3/c1-24-15-7-8-18-16(11-15)17(12-21-18)13-4-2-5-14(10-13)22-20(23)19-6-3-9-25-19/h3,6-9,11-14,21H,2,4-5,10H2,1H3,(H,22,23)/t13-,14+/m1/s1. The highest BCUT2D eigenvalue weighted by atomic mass is 16.5. The van der Waals surface area contributed by atoms with Crippen LogP contribution >= 0.6 is 0 Å². The molecule has 0 unspecified atom stereocenters. The molecule has 3 aromatic rings. The molecule has 5 heteroatoms. The lowest BCUT2D eigenvalue weighted by atomic mass is 9.81. The van der Waals surface area contributed by atoms with E-state index in [0.717, 1.165) is 36.9 Å². The molecule has 0 saturated heterocycles. The first kappa shape index (κ1) is 15.8. The zero-order valence-electron chi connectivity index (χ0n) is 14.2. The van der Waals surface area contributed by atoms with Gasteiger partial charge in [-0.25, -0.2) is 0 Å². The van der Waals surface area contributed by atoms with Crippen molar-refractivity contribution in [1.82, 2.24) is 10.3 Å². The highest BCUT2D eigenvalue weighted by Gasteiger charge is 2.27. The average Bonchev–Trinajstić information content (AvgIpc) is 3.31. The maximum atomic E-state index is 12.2. The summed E-state index contributed by atoms with van der Waals surface area (Å²) in [6.45, 7) is 0. The molecule has 0 aliphatic heterocycles. The molecule has 1 saturated carbocycles. The fourth-order valence-corrected chi connectivity index (χ4v) is 3.85. The smallest absolute Gasteiger partial charge is 0.287 e. The molecule has 0 spiro atoms. The van der Waals surface area contributed by atoms with Gasteiger partial charge >= 0.3 is 0 Å². The number of carbonyl (C=O) groups excluding carboxylic acids is 1. The highest BCUT2D eigenvalue weighted by Crippen LogP contribution is 2.37. The number of ether oxygens (including phenoxy) is 1. The van der Waals surface area contributed by atoms with Gasteiger partial charge in [-0.2, -0.15) is 0 Å². The summed E-state index contributed by atoms with van der Waals surface area (Å²) in [5.41, 5.74) is 2.43. The molecule has 0 bridgehead atoms. The van der Waals surface area contributed by atoms with Crippen molar-refractivity contribution in [3.05, 3.63) is 54.1 Å². The first-order chi connectivity index (χ1) is 12.2. The van der Waals surface area contributed by atoms with Crippen molar-refractivity contribution >= 4 is 16.8 Å². The predicted octanol–water partition coefficient (Wildman–Crippen LogP) is 4.23. The number of aromatic amines is 1. The van der Waals surface area contributed by atoms with Gasteiger partial charge in [-0.15, -0.1) is 0 Å². The van der Waals surface area contributed by atoms with Crippen molar-refractivity contribution < 1.29 is 13.9 Å². The first-order valence-corrected chi connectivity index (χ1v) is 8.74. The number of rotatable bonds is 4. The Balaban J connectivity index is 1.52. The quantitative estimate of drug-likeness (QED) is 0.748. The summed E-state index contributed by atoms with van der Waals surface area (Å²) in [6.07, 6.45) is 7.82. The van der Waals surface area contributed by atoms with Crippen LogP contribution in [0.4, 0.5) is 0 Å². The van der Waals surface area contributed by atoms with Crippen molar-refractivity contribution in [2.24, 2.45) is 0 Å². The van der Waals surface area contributed by atoms with E-state index in [4.69, 9.17) is 9.15 Å². The maximum Gasteiger partial charge on any atom is 0.287 e. The van der Waals surface area contributed by atoms with Gasteiger partial charge in [-0.3, -0.25) is 4.79 Å². The lowest BCUT2D eigenvalue weighted by Gasteiger charge is -2.29. The summed E-state index contributed by atoms with van der Waals surface area (Å²) in [6, 6.07) is 9.71. The van der Waals surface area contributed by atoms with Gasteiger partial charge in [0.2, 0.25) is 0 Å². The summed E-state index contributed by atoms with van der Waals surface area (Å²) in [7, 11) is 1.69. The topological polar surface area (TPSA) is 67.3 Å². The molecule has 2 N–H and O–H groups in total. The van der Waals surface area contributed by atoms with Crippen molar-refractivity contribution in [2.45, 2.75) is 37.6 Å². The fourth-order valence-electron chi connectivity index (χ4n) is 3.85. The van der Waals surface area contributed by atoms with E-state index in [1.54, 1.807) is 19.2 Å². The van der Waals surface area contributed by atoms with E-state index in [0.29, 0.717) is 11.7 Å². The summed E-state index contributed by atoms with van der Waals surface area (Å²) >= 11 is 0. The average molecular weight is 338 g/mol. The second kappa shape index (κ2) is 6.67. The Bertz CT molecular complexity index is 866. The number of hydrogen-bond donors (Lipinski definition) is 2. The summed E-state index contributed by atoms with van der Waals surface area (Å²) in [5, 5.41) is 4.33. The van der Waals surface area contributed by atoms with Gasteiger partial charge in [-0.05, 0) is 61.1 Å². The molecule has 0 radical (unpaired) electrons. The number of carbonyl (C=O) groups is 1. The van der Waals surface area contributed by atoms with Crippen LogP contribution in [0, 0.1) is 0 Å². The lowest BCUT2D eigenvalue weighted by molar-refractivity contribution is 0.0897. The van der Waals surface area contributed by atoms with Gasteiger partial charge in [-0.1, -0.05) is 6.42 Å². The van der Waals surface area contributed by atoms with Crippen molar-refractivity contribution in [3.63, 3.8) is 0 Å². The Kier molecular flexibility index (Phi) is 4.22. The minimum absolute atomic E-state index is 0.128. The summed E-state index contributed by atoms with van der Waals surface area (Å²) < 4.78 is 10.6. The lowest BCUT2D eigenvalue weighted by Crippen LogP contribution is -2.37. The van der Waals surface area contributed by atoms with Gasteiger partial charge in [0.25, 0.3) is 5.91 Å². The van der Waals surface area contributed by atoms with Crippen LogP contribution in [-0.4, -0.2) is 24.0 Å². The molecule has 130 valence electrons. The van der Waals surface area contributed by atoms with Crippen LogP contribution in [0.5, 0.6) is 5.75 Å². The van der Waals surface area contributed by atoms with Crippen LogP contribution in [0.2, 0.25) is 0 Å². The van der Waals surface area contributed by atoms with Crippen molar-refractivity contribution in [2.75, 3.05) is 7.11 Å². The second-order valence-corrected chi connectivity index (χ2v) is 6.67. The molecule has 1 aromatic carbocycles. The third-order valence-electron chi connectivity index (χ3n) is 5.12. The maximum absolute atomic E-state index is 12.2. The molecule has 25 heavy (non-hydrogen) atoms. The third kappa shape index (κ3) is 3.14. The van der Waals surface area contributed by atoms with Gasteiger partial charge in [0.05, 0.1) is 13.4 Å². The molecule has 1 aliphatic carbocycles. The number of nitrogens with one attached hydrogen (secondary N) is 2. The number of aromatic nitrogens is 1. The highest BCUT2D eigenvalue weighted by molar-refractivity contribution is 5.91. The van der Waals surface area contributed by atoms with Gasteiger partial charge in [0.1, 0.15) is 5.75 Å². The Morgan fingerprint density at radius 1 is 1.32 bits per heavy atom. The monoisotopic (exact) mass is 338 g/mol. The van der Waals surface area contributed by atoms with E-state index < -0.39 is 0 Å². The van der Waals surface area contributed by atoms with Gasteiger partial charge < -0.3 is 19.5 Å². The molecule has 5 nitrogen and oxygen atoms in total. The van der Waals surface area contributed by atoms with E-state index in [2.05, 4.69) is 28.6 Å². The molecule has 1 amide bonds. The van der Waals surface area contributed by atoms with E-state index in [1.807, 2.05) is 6.07 Å². The van der Waals surface area contributed by atoms with E-state index in [9.17, 15) is 4.79 Å². The number of benzene rings is 1. The summed E-state index contributed by atoms with van der Waals surface area (Å²) in [4.78, 5) is 15.6. The number of amides is 1. The van der Waals surface area contributed by atoms with Crippen LogP contribution in [0.25, 0.3) is 10.9 Å². The zero-order valence-corrected chi connectivity index (χ0v) is 14.2. The van der Waals surface area contributed by atoms with E-state index in [1.165, 1.54) is 17.2 Å². The van der Waals surface area contributed by atoms with Crippen LogP contribution in [0.15, 0.2) is 47.2 Å². The first-order valence-electron chi connectivity index (χ1n) is 8.74. The van der Waals surface area contributed by atoms with Crippen molar-refractivity contribution in [3.8, 4) is 5.75 Å². The second-order valence-electron chi connectivity index (χ2n) is 6.67. The van der Waals surface area contributed by atoms with Crippen molar-refractivity contribution in [1.29, 1.82) is 0 Å². The number of furan rings is 1. The third-order valence-corrected chi connectivity index (χ3v) is 5.12. The van der Waals surface area contributed by atoms with Crippen LogP contribution in [0.3, 0.4) is 0 Å². The van der Waals surface area contributed by atoms with Gasteiger partial charge in [0, 0.05) is 23.1 Å². The number of fused-ring (bicyclic) bond motifs is 1. The van der Waals surface area contributed by atoms with E-state index >= 15 is 0 Å². The Hall–Kier alpha value is -2.69. The number of H-pyrrole nitrogens is 1. The molecule has 4 rings (SSSR count). The Labute approximate surface area is 146 Å². The normalized spacial score (nSPS) is 20.5. The molecule has 2 atom stereocenters. The largest absolute Gasteiger partial charge is 0.497 e. The minimum atomic E-state index is -0.128. The SMILES string of the molecule is COc1ccc2[nH]cc([C@@H]3CCC[C@H](NC(=O)c4ccco4)C3)c2c1.